The van der Waals surface area contributed by atoms with E-state index in [9.17, 15) is 0 Å². The second-order valence-corrected chi connectivity index (χ2v) is 7.11. The van der Waals surface area contributed by atoms with Gasteiger partial charge in [0, 0.05) is 5.41 Å². The first-order chi connectivity index (χ1) is 10.00. The first kappa shape index (κ1) is 13.1. The Bertz CT molecular complexity index is 668. The molecule has 0 aromatic heterocycles. The fourth-order valence-corrected chi connectivity index (χ4v) is 4.46. The normalized spacial score (nSPS) is 27.6. The van der Waals surface area contributed by atoms with Crippen LogP contribution in [0.3, 0.4) is 0 Å². The van der Waals surface area contributed by atoms with Crippen molar-refractivity contribution >= 4 is 0 Å². The minimum Gasteiger partial charge on any atom is -0.362 e. The summed E-state index contributed by atoms with van der Waals surface area (Å²) in [6, 6.07) is 17.5. The van der Waals surface area contributed by atoms with Crippen molar-refractivity contribution in [2.75, 3.05) is 0 Å². The molecule has 1 fully saturated rings. The van der Waals surface area contributed by atoms with Crippen LogP contribution >= 0.6 is 0 Å². The van der Waals surface area contributed by atoms with E-state index in [4.69, 9.17) is 4.74 Å². The van der Waals surface area contributed by atoms with Crippen LogP contribution in [0.25, 0.3) is 11.1 Å². The Balaban J connectivity index is 2.11. The Labute approximate surface area is 127 Å². The summed E-state index contributed by atoms with van der Waals surface area (Å²) >= 11 is 0. The maximum atomic E-state index is 6.69. The third-order valence-electron chi connectivity index (χ3n) is 6.02. The molecule has 0 unspecified atom stereocenters. The topological polar surface area (TPSA) is 9.23 Å². The van der Waals surface area contributed by atoms with Gasteiger partial charge in [0.25, 0.3) is 0 Å². The lowest BCUT2D eigenvalue weighted by atomic mass is 9.64. The summed E-state index contributed by atoms with van der Waals surface area (Å²) in [7, 11) is 0. The number of rotatable bonds is 0. The molecule has 0 amide bonds. The number of hydrogen-bond donors (Lipinski definition) is 0. The van der Waals surface area contributed by atoms with Crippen LogP contribution in [0.4, 0.5) is 0 Å². The van der Waals surface area contributed by atoms with E-state index >= 15 is 0 Å². The van der Waals surface area contributed by atoms with Crippen molar-refractivity contribution in [3.63, 3.8) is 0 Å². The van der Waals surface area contributed by atoms with Crippen molar-refractivity contribution in [3.8, 4) is 11.1 Å². The minimum absolute atomic E-state index is 0.0646. The van der Waals surface area contributed by atoms with Gasteiger partial charge in [0.05, 0.1) is 6.10 Å². The molecule has 2 aromatic rings. The summed E-state index contributed by atoms with van der Waals surface area (Å²) < 4.78 is 6.69. The zero-order valence-electron chi connectivity index (χ0n) is 13.2. The fraction of sp³-hybridized carbons (Fsp3) is 0.400. The molecule has 1 aliphatic carbocycles. The van der Waals surface area contributed by atoms with Crippen LogP contribution in [0.15, 0.2) is 48.5 Å². The first-order valence-corrected chi connectivity index (χ1v) is 7.87. The van der Waals surface area contributed by atoms with Gasteiger partial charge in [0.2, 0.25) is 0 Å². The van der Waals surface area contributed by atoms with Gasteiger partial charge in [-0.1, -0.05) is 69.3 Å². The molecule has 1 nitrogen and oxygen atoms in total. The standard InChI is InChI=1S/C20H22O/c1-13-14(2)21-20(19(13,3)4)17-11-7-5-9-15(17)16-10-6-8-12-18(16)20/h5-14H,1-4H3/t13-,14+/m1/s1. The van der Waals surface area contributed by atoms with Crippen LogP contribution in [-0.4, -0.2) is 6.10 Å². The second kappa shape index (κ2) is 3.98. The molecule has 0 N–H and O–H groups in total. The average Bonchev–Trinajstić information content (AvgIpc) is 2.88. The second-order valence-electron chi connectivity index (χ2n) is 7.11. The maximum absolute atomic E-state index is 6.69. The molecule has 108 valence electrons. The van der Waals surface area contributed by atoms with Crippen molar-refractivity contribution in [1.29, 1.82) is 0 Å². The Hall–Kier alpha value is -1.60. The number of hydrogen-bond acceptors (Lipinski definition) is 1. The third kappa shape index (κ3) is 1.36. The molecule has 0 bridgehead atoms. The number of fused-ring (bicyclic) bond motifs is 5. The molecule has 0 saturated carbocycles. The van der Waals surface area contributed by atoms with Gasteiger partial charge >= 0.3 is 0 Å². The van der Waals surface area contributed by atoms with Crippen molar-refractivity contribution < 1.29 is 4.74 Å². The van der Waals surface area contributed by atoms with Crippen molar-refractivity contribution in [3.05, 3.63) is 59.7 Å². The van der Waals surface area contributed by atoms with E-state index in [1.807, 2.05) is 0 Å². The molecule has 1 spiro atoms. The lowest BCUT2D eigenvalue weighted by Crippen LogP contribution is -2.40. The predicted molar refractivity (Wildman–Crippen MR) is 86.2 cm³/mol. The molecule has 1 heterocycles. The van der Waals surface area contributed by atoms with Crippen molar-refractivity contribution in [2.24, 2.45) is 11.3 Å². The Morgan fingerprint density at radius 3 is 1.71 bits per heavy atom. The predicted octanol–water partition coefficient (Wildman–Crippen LogP) is 4.99. The van der Waals surface area contributed by atoms with Gasteiger partial charge in [-0.3, -0.25) is 0 Å². The van der Waals surface area contributed by atoms with Crippen molar-refractivity contribution in [2.45, 2.75) is 39.4 Å². The average molecular weight is 278 g/mol. The molecule has 4 rings (SSSR count). The molecule has 1 aliphatic heterocycles. The van der Waals surface area contributed by atoms with E-state index in [0.29, 0.717) is 5.92 Å². The number of ether oxygens (including phenoxy) is 1. The Morgan fingerprint density at radius 2 is 1.29 bits per heavy atom. The first-order valence-electron chi connectivity index (χ1n) is 7.87. The highest BCUT2D eigenvalue weighted by atomic mass is 16.5. The maximum Gasteiger partial charge on any atom is 0.125 e. The van der Waals surface area contributed by atoms with Crippen molar-refractivity contribution in [1.82, 2.24) is 0 Å². The van der Waals surface area contributed by atoms with Crippen LogP contribution in [0.5, 0.6) is 0 Å². The van der Waals surface area contributed by atoms with Crippen LogP contribution < -0.4 is 0 Å². The van der Waals surface area contributed by atoms with Crippen LogP contribution in [0, 0.1) is 11.3 Å². The summed E-state index contributed by atoms with van der Waals surface area (Å²) in [6.45, 7) is 9.26. The fourth-order valence-electron chi connectivity index (χ4n) is 4.46. The van der Waals surface area contributed by atoms with E-state index < -0.39 is 0 Å². The molecule has 2 atom stereocenters. The minimum atomic E-state index is -0.307. The summed E-state index contributed by atoms with van der Waals surface area (Å²) in [4.78, 5) is 0. The SMILES string of the molecule is C[C@@H]1OC2(c3ccccc3-c3ccccc32)C(C)(C)[C@@H]1C. The van der Waals surface area contributed by atoms with Gasteiger partial charge in [-0.15, -0.1) is 0 Å². The van der Waals surface area contributed by atoms with E-state index in [1.165, 1.54) is 22.3 Å². The summed E-state index contributed by atoms with van der Waals surface area (Å²) in [5.74, 6) is 0.511. The van der Waals surface area contributed by atoms with Crippen LogP contribution in [0.1, 0.15) is 38.8 Å². The quantitative estimate of drug-likeness (QED) is 0.659. The van der Waals surface area contributed by atoms with E-state index in [2.05, 4.69) is 76.2 Å². The summed E-state index contributed by atoms with van der Waals surface area (Å²) in [6.07, 6.45) is 0.263. The molecular formula is C20H22O. The zero-order chi connectivity index (χ0) is 14.8. The Kier molecular flexibility index (Phi) is 2.48. The molecule has 1 saturated heterocycles. The van der Waals surface area contributed by atoms with Gasteiger partial charge < -0.3 is 4.74 Å². The van der Waals surface area contributed by atoms with E-state index in [1.54, 1.807) is 0 Å². The van der Waals surface area contributed by atoms with Crippen LogP contribution in [-0.2, 0) is 10.3 Å². The number of benzene rings is 2. The monoisotopic (exact) mass is 278 g/mol. The highest BCUT2D eigenvalue weighted by Gasteiger charge is 2.62. The summed E-state index contributed by atoms with van der Waals surface area (Å²) in [5.41, 5.74) is 5.11. The van der Waals surface area contributed by atoms with Gasteiger partial charge in [-0.25, -0.2) is 0 Å². The third-order valence-corrected chi connectivity index (χ3v) is 6.02. The highest BCUT2D eigenvalue weighted by molar-refractivity contribution is 5.81. The highest BCUT2D eigenvalue weighted by Crippen LogP contribution is 2.64. The largest absolute Gasteiger partial charge is 0.362 e. The van der Waals surface area contributed by atoms with E-state index in [0.717, 1.165) is 0 Å². The summed E-state index contributed by atoms with van der Waals surface area (Å²) in [5, 5.41) is 0. The van der Waals surface area contributed by atoms with Crippen LogP contribution in [0.2, 0.25) is 0 Å². The molecular weight excluding hydrogens is 256 g/mol. The molecule has 2 aliphatic rings. The van der Waals surface area contributed by atoms with Gasteiger partial charge in [-0.2, -0.15) is 0 Å². The van der Waals surface area contributed by atoms with Gasteiger partial charge in [0.15, 0.2) is 0 Å². The molecule has 2 aromatic carbocycles. The Morgan fingerprint density at radius 1 is 0.810 bits per heavy atom. The zero-order valence-corrected chi connectivity index (χ0v) is 13.2. The molecule has 21 heavy (non-hydrogen) atoms. The molecule has 1 heteroatoms. The van der Waals surface area contributed by atoms with Gasteiger partial charge in [-0.05, 0) is 35.1 Å². The lowest BCUT2D eigenvalue weighted by molar-refractivity contribution is -0.0444. The molecule has 0 radical (unpaired) electrons. The van der Waals surface area contributed by atoms with E-state index in [-0.39, 0.29) is 17.1 Å². The smallest absolute Gasteiger partial charge is 0.125 e. The van der Waals surface area contributed by atoms with Gasteiger partial charge in [0.1, 0.15) is 5.60 Å². The lowest BCUT2D eigenvalue weighted by Gasteiger charge is -2.40.